The number of carboxylic acids is 1. The van der Waals surface area contributed by atoms with Gasteiger partial charge in [-0.2, -0.15) is 0 Å². The molecule has 116 valence electrons. The maximum atomic E-state index is 12.7. The predicted molar refractivity (Wildman–Crippen MR) is 85.3 cm³/mol. The molecule has 0 aliphatic carbocycles. The molecule has 1 heterocycles. The number of aryl methyl sites for hydroxylation is 1. The SMILES string of the molecule is CCCC(C(=O)O)c1cc(C)c(C(=O)c2ccccc2)n1C. The minimum atomic E-state index is -0.846. The molecular weight excluding hydrogens is 278 g/mol. The van der Waals surface area contributed by atoms with Gasteiger partial charge in [0.05, 0.1) is 11.6 Å². The molecule has 0 saturated carbocycles. The van der Waals surface area contributed by atoms with Crippen LogP contribution in [0.3, 0.4) is 0 Å². The van der Waals surface area contributed by atoms with Crippen LogP contribution >= 0.6 is 0 Å². The van der Waals surface area contributed by atoms with Crippen molar-refractivity contribution < 1.29 is 14.7 Å². The molecule has 0 spiro atoms. The summed E-state index contributed by atoms with van der Waals surface area (Å²) in [7, 11) is 1.77. The van der Waals surface area contributed by atoms with Crippen molar-refractivity contribution in [3.05, 3.63) is 58.9 Å². The molecule has 1 aromatic carbocycles. The van der Waals surface area contributed by atoms with Gasteiger partial charge in [-0.05, 0) is 25.0 Å². The lowest BCUT2D eigenvalue weighted by molar-refractivity contribution is -0.139. The van der Waals surface area contributed by atoms with Crippen molar-refractivity contribution in [2.24, 2.45) is 7.05 Å². The van der Waals surface area contributed by atoms with Crippen molar-refractivity contribution in [1.82, 2.24) is 4.57 Å². The van der Waals surface area contributed by atoms with E-state index in [0.29, 0.717) is 23.4 Å². The topological polar surface area (TPSA) is 59.3 Å². The molecule has 1 N–H and O–H groups in total. The lowest BCUT2D eigenvalue weighted by Gasteiger charge is -2.14. The number of hydrogen-bond acceptors (Lipinski definition) is 2. The third kappa shape index (κ3) is 2.96. The maximum absolute atomic E-state index is 12.7. The first-order valence-electron chi connectivity index (χ1n) is 7.46. The molecule has 4 nitrogen and oxygen atoms in total. The normalized spacial score (nSPS) is 12.1. The van der Waals surface area contributed by atoms with E-state index in [2.05, 4.69) is 0 Å². The van der Waals surface area contributed by atoms with Crippen molar-refractivity contribution in [1.29, 1.82) is 0 Å². The summed E-state index contributed by atoms with van der Waals surface area (Å²) in [5.74, 6) is -1.50. The summed E-state index contributed by atoms with van der Waals surface area (Å²) in [6.45, 7) is 3.81. The highest BCUT2D eigenvalue weighted by molar-refractivity contribution is 6.09. The highest BCUT2D eigenvalue weighted by Crippen LogP contribution is 2.27. The van der Waals surface area contributed by atoms with Crippen molar-refractivity contribution in [3.8, 4) is 0 Å². The average molecular weight is 299 g/mol. The van der Waals surface area contributed by atoms with Gasteiger partial charge in [0.1, 0.15) is 0 Å². The Morgan fingerprint density at radius 3 is 2.41 bits per heavy atom. The van der Waals surface area contributed by atoms with E-state index in [1.807, 2.05) is 38.1 Å². The number of hydrogen-bond donors (Lipinski definition) is 1. The first-order chi connectivity index (χ1) is 10.5. The maximum Gasteiger partial charge on any atom is 0.312 e. The number of rotatable bonds is 6. The third-order valence-electron chi connectivity index (χ3n) is 3.94. The molecule has 0 fully saturated rings. The van der Waals surface area contributed by atoms with E-state index in [-0.39, 0.29) is 5.78 Å². The van der Waals surface area contributed by atoms with Gasteiger partial charge in [-0.3, -0.25) is 9.59 Å². The summed E-state index contributed by atoms with van der Waals surface area (Å²) in [5.41, 5.74) is 2.67. The summed E-state index contributed by atoms with van der Waals surface area (Å²) in [4.78, 5) is 24.2. The van der Waals surface area contributed by atoms with Crippen LogP contribution in [0.2, 0.25) is 0 Å². The van der Waals surface area contributed by atoms with Gasteiger partial charge in [0.25, 0.3) is 0 Å². The standard InChI is InChI=1S/C18H21NO3/c1-4-8-14(18(21)22)15-11-12(2)16(19(15)3)17(20)13-9-6-5-7-10-13/h5-7,9-11,14H,4,8H2,1-3H3,(H,21,22). The number of aliphatic carboxylic acids is 1. The number of carboxylic acid groups (broad SMARTS) is 1. The van der Waals surface area contributed by atoms with E-state index >= 15 is 0 Å². The van der Waals surface area contributed by atoms with Gasteiger partial charge < -0.3 is 9.67 Å². The van der Waals surface area contributed by atoms with Gasteiger partial charge in [-0.25, -0.2) is 0 Å². The van der Waals surface area contributed by atoms with Gasteiger partial charge in [0.15, 0.2) is 0 Å². The smallest absolute Gasteiger partial charge is 0.312 e. The average Bonchev–Trinajstić information content (AvgIpc) is 2.79. The molecule has 4 heteroatoms. The van der Waals surface area contributed by atoms with Crippen LogP contribution in [-0.2, 0) is 11.8 Å². The Morgan fingerprint density at radius 1 is 1.23 bits per heavy atom. The van der Waals surface area contributed by atoms with E-state index in [0.717, 1.165) is 12.0 Å². The van der Waals surface area contributed by atoms with Gasteiger partial charge in [-0.1, -0.05) is 43.7 Å². The number of benzene rings is 1. The van der Waals surface area contributed by atoms with Gasteiger partial charge in [-0.15, -0.1) is 0 Å². The third-order valence-corrected chi connectivity index (χ3v) is 3.94. The lowest BCUT2D eigenvalue weighted by Crippen LogP contribution is -2.17. The van der Waals surface area contributed by atoms with Crippen LogP contribution in [-0.4, -0.2) is 21.4 Å². The van der Waals surface area contributed by atoms with Crippen molar-refractivity contribution in [3.63, 3.8) is 0 Å². The van der Waals surface area contributed by atoms with Crippen molar-refractivity contribution in [2.45, 2.75) is 32.6 Å². The van der Waals surface area contributed by atoms with Gasteiger partial charge in [0.2, 0.25) is 5.78 Å². The van der Waals surface area contributed by atoms with Gasteiger partial charge in [0, 0.05) is 18.3 Å². The minimum absolute atomic E-state index is 0.0764. The molecule has 2 rings (SSSR count). The van der Waals surface area contributed by atoms with Crippen LogP contribution in [0, 0.1) is 6.92 Å². The molecule has 22 heavy (non-hydrogen) atoms. The number of aromatic nitrogens is 1. The summed E-state index contributed by atoms with van der Waals surface area (Å²) in [6.07, 6.45) is 1.34. The van der Waals surface area contributed by atoms with E-state index in [1.165, 1.54) is 0 Å². The van der Waals surface area contributed by atoms with E-state index in [1.54, 1.807) is 23.7 Å². The largest absolute Gasteiger partial charge is 0.481 e. The first-order valence-corrected chi connectivity index (χ1v) is 7.46. The zero-order valence-electron chi connectivity index (χ0n) is 13.2. The van der Waals surface area contributed by atoms with Crippen molar-refractivity contribution >= 4 is 11.8 Å². The molecule has 0 radical (unpaired) electrons. The highest BCUT2D eigenvalue weighted by Gasteiger charge is 2.26. The number of ketones is 1. The molecule has 0 aliphatic heterocycles. The quantitative estimate of drug-likeness (QED) is 0.830. The zero-order chi connectivity index (χ0) is 16.3. The predicted octanol–water partition coefficient (Wildman–Crippen LogP) is 3.53. The Bertz CT molecular complexity index is 686. The van der Waals surface area contributed by atoms with Crippen LogP contribution < -0.4 is 0 Å². The fourth-order valence-corrected chi connectivity index (χ4v) is 2.86. The summed E-state index contributed by atoms with van der Waals surface area (Å²) in [6, 6.07) is 10.9. The number of nitrogens with zero attached hydrogens (tertiary/aromatic N) is 1. The van der Waals surface area contributed by atoms with E-state index < -0.39 is 11.9 Å². The van der Waals surface area contributed by atoms with Crippen LogP contribution in [0.1, 0.15) is 53.0 Å². The molecule has 1 aromatic heterocycles. The Hall–Kier alpha value is -2.36. The van der Waals surface area contributed by atoms with Crippen LogP contribution in [0.5, 0.6) is 0 Å². The fourth-order valence-electron chi connectivity index (χ4n) is 2.86. The zero-order valence-corrected chi connectivity index (χ0v) is 13.2. The lowest BCUT2D eigenvalue weighted by atomic mass is 10.00. The second-order valence-electron chi connectivity index (χ2n) is 5.53. The second kappa shape index (κ2) is 6.60. The van der Waals surface area contributed by atoms with Crippen LogP contribution in [0.15, 0.2) is 36.4 Å². The molecule has 2 aromatic rings. The monoisotopic (exact) mass is 299 g/mol. The van der Waals surface area contributed by atoms with E-state index in [4.69, 9.17) is 0 Å². The molecule has 0 amide bonds. The Labute approximate surface area is 130 Å². The molecule has 0 bridgehead atoms. The first kappa shape index (κ1) is 16.0. The molecule has 1 unspecified atom stereocenters. The van der Waals surface area contributed by atoms with Gasteiger partial charge >= 0.3 is 5.97 Å². The number of carbonyl (C=O) groups excluding carboxylic acids is 1. The van der Waals surface area contributed by atoms with Crippen molar-refractivity contribution in [2.75, 3.05) is 0 Å². The molecule has 1 atom stereocenters. The molecule has 0 aliphatic rings. The van der Waals surface area contributed by atoms with Crippen LogP contribution in [0.25, 0.3) is 0 Å². The highest BCUT2D eigenvalue weighted by atomic mass is 16.4. The molecule has 0 saturated heterocycles. The van der Waals surface area contributed by atoms with Crippen LogP contribution in [0.4, 0.5) is 0 Å². The minimum Gasteiger partial charge on any atom is -0.481 e. The Kier molecular flexibility index (Phi) is 4.81. The Balaban J connectivity index is 2.47. The van der Waals surface area contributed by atoms with E-state index in [9.17, 15) is 14.7 Å². The second-order valence-corrected chi connectivity index (χ2v) is 5.53. The summed E-state index contributed by atoms with van der Waals surface area (Å²) in [5, 5.41) is 9.44. The summed E-state index contributed by atoms with van der Waals surface area (Å²) >= 11 is 0. The Morgan fingerprint density at radius 2 is 1.86 bits per heavy atom. The number of carbonyl (C=O) groups is 2. The molecular formula is C18H21NO3. The summed E-state index contributed by atoms with van der Waals surface area (Å²) < 4.78 is 1.74. The fraction of sp³-hybridized carbons (Fsp3) is 0.333.